The smallest absolute Gasteiger partial charge is 0.117 e. The van der Waals surface area contributed by atoms with E-state index in [9.17, 15) is 0 Å². The molecular weight excluding hydrogens is 274 g/mol. The van der Waals surface area contributed by atoms with Gasteiger partial charge in [0.15, 0.2) is 0 Å². The zero-order valence-electron chi connectivity index (χ0n) is 11.2. The third-order valence-electron chi connectivity index (χ3n) is 2.85. The number of nitrogens with zero attached hydrogens (tertiary/aromatic N) is 1. The highest BCUT2D eigenvalue weighted by Gasteiger charge is 2.24. The summed E-state index contributed by atoms with van der Waals surface area (Å²) in [5.41, 5.74) is 8.50. The van der Waals surface area contributed by atoms with Gasteiger partial charge in [0.05, 0.1) is 5.54 Å². The topological polar surface area (TPSA) is 50.9 Å². The first-order valence-corrected chi connectivity index (χ1v) is 7.27. The van der Waals surface area contributed by atoms with Gasteiger partial charge in [-0.3, -0.25) is 0 Å². The van der Waals surface area contributed by atoms with Crippen LogP contribution in [0.25, 0.3) is 0 Å². The first-order chi connectivity index (χ1) is 8.90. The quantitative estimate of drug-likeness (QED) is 0.847. The second-order valence-corrected chi connectivity index (χ2v) is 6.33. The molecule has 3 nitrogen and oxygen atoms in total. The summed E-state index contributed by atoms with van der Waals surface area (Å²) in [4.78, 5) is 4.77. The molecule has 5 heteroatoms. The van der Waals surface area contributed by atoms with E-state index in [0.717, 1.165) is 21.8 Å². The Kier molecular flexibility index (Phi) is 3.87. The SMILES string of the molecule is Cc1ccc(C(N)=S)c(NC(C)(C)c2nccs2)c1. The van der Waals surface area contributed by atoms with Gasteiger partial charge in [-0.15, -0.1) is 11.3 Å². The van der Waals surface area contributed by atoms with Crippen molar-refractivity contribution in [3.63, 3.8) is 0 Å². The Hall–Kier alpha value is -1.46. The Labute approximate surface area is 122 Å². The fourth-order valence-corrected chi connectivity index (χ4v) is 2.79. The molecule has 0 saturated heterocycles. The van der Waals surface area contributed by atoms with Crippen molar-refractivity contribution in [1.82, 2.24) is 4.98 Å². The van der Waals surface area contributed by atoms with Crippen LogP contribution in [-0.4, -0.2) is 9.97 Å². The molecule has 0 radical (unpaired) electrons. The first-order valence-electron chi connectivity index (χ1n) is 5.99. The van der Waals surface area contributed by atoms with Gasteiger partial charge in [0, 0.05) is 22.8 Å². The first kappa shape index (κ1) is 14.0. The van der Waals surface area contributed by atoms with E-state index in [1.165, 1.54) is 0 Å². The van der Waals surface area contributed by atoms with Gasteiger partial charge in [-0.25, -0.2) is 4.98 Å². The number of aryl methyl sites for hydroxylation is 1. The summed E-state index contributed by atoms with van der Waals surface area (Å²) in [6, 6.07) is 6.03. The average Bonchev–Trinajstić information content (AvgIpc) is 2.81. The Morgan fingerprint density at radius 1 is 1.42 bits per heavy atom. The molecule has 0 bridgehead atoms. The van der Waals surface area contributed by atoms with Crippen LogP contribution in [0, 0.1) is 6.92 Å². The largest absolute Gasteiger partial charge is 0.389 e. The van der Waals surface area contributed by atoms with Crippen molar-refractivity contribution in [2.75, 3.05) is 5.32 Å². The number of benzene rings is 1. The minimum Gasteiger partial charge on any atom is -0.389 e. The Bertz CT molecular complexity index is 589. The molecule has 100 valence electrons. The summed E-state index contributed by atoms with van der Waals surface area (Å²) >= 11 is 6.74. The minimum absolute atomic E-state index is 0.262. The van der Waals surface area contributed by atoms with Gasteiger partial charge in [-0.05, 0) is 38.5 Å². The van der Waals surface area contributed by atoms with Crippen LogP contribution in [-0.2, 0) is 5.54 Å². The van der Waals surface area contributed by atoms with E-state index in [1.807, 2.05) is 30.6 Å². The van der Waals surface area contributed by atoms with E-state index in [0.29, 0.717) is 4.99 Å². The standard InChI is InChI=1S/C14H17N3S2/c1-9-4-5-10(12(15)18)11(8-9)17-14(2,3)13-16-6-7-19-13/h4-8,17H,1-3H3,(H2,15,18). The number of rotatable bonds is 4. The molecule has 1 aromatic carbocycles. The van der Waals surface area contributed by atoms with E-state index in [-0.39, 0.29) is 5.54 Å². The summed E-state index contributed by atoms with van der Waals surface area (Å²) in [6.45, 7) is 6.24. The molecule has 0 aliphatic heterocycles. The van der Waals surface area contributed by atoms with E-state index in [4.69, 9.17) is 18.0 Å². The summed E-state index contributed by atoms with van der Waals surface area (Å²) in [5.74, 6) is 0. The van der Waals surface area contributed by atoms with Crippen LogP contribution in [0.5, 0.6) is 0 Å². The summed E-state index contributed by atoms with van der Waals surface area (Å²) in [6.07, 6.45) is 1.81. The number of thiocarbonyl (C=S) groups is 1. The number of thiazole rings is 1. The van der Waals surface area contributed by atoms with Crippen LogP contribution in [0.3, 0.4) is 0 Å². The van der Waals surface area contributed by atoms with E-state index < -0.39 is 0 Å². The summed E-state index contributed by atoms with van der Waals surface area (Å²) in [5, 5.41) is 6.50. The molecule has 0 atom stereocenters. The van der Waals surface area contributed by atoms with Crippen LogP contribution in [0.1, 0.15) is 30.0 Å². The van der Waals surface area contributed by atoms with Crippen LogP contribution in [0.2, 0.25) is 0 Å². The van der Waals surface area contributed by atoms with Crippen molar-refractivity contribution in [3.05, 3.63) is 45.9 Å². The highest BCUT2D eigenvalue weighted by molar-refractivity contribution is 7.80. The Morgan fingerprint density at radius 3 is 2.74 bits per heavy atom. The van der Waals surface area contributed by atoms with Crippen LogP contribution < -0.4 is 11.1 Å². The maximum atomic E-state index is 5.78. The predicted molar refractivity (Wildman–Crippen MR) is 85.8 cm³/mol. The second-order valence-electron chi connectivity index (χ2n) is 5.00. The normalized spacial score (nSPS) is 11.3. The number of nitrogens with two attached hydrogens (primary N) is 1. The van der Waals surface area contributed by atoms with Gasteiger partial charge in [0.25, 0.3) is 0 Å². The van der Waals surface area contributed by atoms with E-state index >= 15 is 0 Å². The zero-order chi connectivity index (χ0) is 14.0. The zero-order valence-corrected chi connectivity index (χ0v) is 12.9. The van der Waals surface area contributed by atoms with Gasteiger partial charge in [0.2, 0.25) is 0 Å². The molecule has 0 amide bonds. The number of anilines is 1. The highest BCUT2D eigenvalue weighted by Crippen LogP contribution is 2.29. The molecule has 0 unspecified atom stereocenters. The lowest BCUT2D eigenvalue weighted by atomic mass is 10.0. The van der Waals surface area contributed by atoms with Crippen molar-refractivity contribution >= 4 is 34.2 Å². The molecule has 3 N–H and O–H groups in total. The monoisotopic (exact) mass is 291 g/mol. The van der Waals surface area contributed by atoms with Crippen molar-refractivity contribution in [3.8, 4) is 0 Å². The molecule has 0 aliphatic rings. The lowest BCUT2D eigenvalue weighted by Crippen LogP contribution is -2.29. The summed E-state index contributed by atoms with van der Waals surface area (Å²) < 4.78 is 0. The maximum absolute atomic E-state index is 5.78. The van der Waals surface area contributed by atoms with Gasteiger partial charge in [-0.2, -0.15) is 0 Å². The third-order valence-corrected chi connectivity index (χ3v) is 4.17. The Morgan fingerprint density at radius 2 is 2.16 bits per heavy atom. The lowest BCUT2D eigenvalue weighted by molar-refractivity contribution is 0.604. The number of hydrogen-bond donors (Lipinski definition) is 2. The molecule has 0 aliphatic carbocycles. The summed E-state index contributed by atoms with van der Waals surface area (Å²) in [7, 11) is 0. The number of aromatic nitrogens is 1. The van der Waals surface area contributed by atoms with Crippen LogP contribution in [0.4, 0.5) is 5.69 Å². The highest BCUT2D eigenvalue weighted by atomic mass is 32.1. The predicted octanol–water partition coefficient (Wildman–Crippen LogP) is 3.43. The fraction of sp³-hybridized carbons (Fsp3) is 0.286. The van der Waals surface area contributed by atoms with Gasteiger partial charge in [0.1, 0.15) is 10.00 Å². The number of nitrogens with one attached hydrogen (secondary N) is 1. The minimum atomic E-state index is -0.262. The molecule has 1 aromatic heterocycles. The molecule has 0 spiro atoms. The van der Waals surface area contributed by atoms with Crippen molar-refractivity contribution in [2.45, 2.75) is 26.3 Å². The molecule has 0 fully saturated rings. The second kappa shape index (κ2) is 5.27. The van der Waals surface area contributed by atoms with E-state index in [2.05, 4.69) is 30.2 Å². The third kappa shape index (κ3) is 3.11. The molecule has 19 heavy (non-hydrogen) atoms. The Balaban J connectivity index is 2.38. The number of hydrogen-bond acceptors (Lipinski definition) is 4. The van der Waals surface area contributed by atoms with E-state index in [1.54, 1.807) is 11.3 Å². The van der Waals surface area contributed by atoms with Gasteiger partial charge in [-0.1, -0.05) is 18.3 Å². The molecular formula is C14H17N3S2. The maximum Gasteiger partial charge on any atom is 0.117 e. The van der Waals surface area contributed by atoms with Crippen LogP contribution in [0.15, 0.2) is 29.8 Å². The van der Waals surface area contributed by atoms with Crippen LogP contribution >= 0.6 is 23.6 Å². The molecule has 1 heterocycles. The van der Waals surface area contributed by atoms with Gasteiger partial charge < -0.3 is 11.1 Å². The molecule has 0 saturated carbocycles. The lowest BCUT2D eigenvalue weighted by Gasteiger charge is -2.27. The van der Waals surface area contributed by atoms with Crippen molar-refractivity contribution in [1.29, 1.82) is 0 Å². The van der Waals surface area contributed by atoms with Gasteiger partial charge >= 0.3 is 0 Å². The molecule has 2 rings (SSSR count). The molecule has 2 aromatic rings. The van der Waals surface area contributed by atoms with Crippen molar-refractivity contribution < 1.29 is 0 Å². The fourth-order valence-electron chi connectivity index (χ4n) is 1.90. The van der Waals surface area contributed by atoms with Crippen molar-refractivity contribution in [2.24, 2.45) is 5.73 Å². The average molecular weight is 291 g/mol.